The van der Waals surface area contributed by atoms with E-state index in [1.807, 2.05) is 43.3 Å². The van der Waals surface area contributed by atoms with Gasteiger partial charge in [-0.2, -0.15) is 5.10 Å². The van der Waals surface area contributed by atoms with Crippen molar-refractivity contribution in [2.45, 2.75) is 12.1 Å². The van der Waals surface area contributed by atoms with E-state index in [0.717, 1.165) is 21.8 Å². The second-order valence-electron chi connectivity index (χ2n) is 5.87. The number of halogens is 1. The molecule has 0 aliphatic carbocycles. The average Bonchev–Trinajstić information content (AvgIpc) is 3.08. The van der Waals surface area contributed by atoms with Gasteiger partial charge in [-0.05, 0) is 36.8 Å². The summed E-state index contributed by atoms with van der Waals surface area (Å²) in [4.78, 5) is 12.3. The first kappa shape index (κ1) is 21.7. The fourth-order valence-electron chi connectivity index (χ4n) is 2.37. The van der Waals surface area contributed by atoms with Crippen molar-refractivity contribution in [2.24, 2.45) is 5.10 Å². The molecular weight excluding hydrogens is 470 g/mol. The number of carbonyl (C=O) groups is 1. The summed E-state index contributed by atoms with van der Waals surface area (Å²) in [5.41, 5.74) is 4.25. The Labute approximate surface area is 186 Å². The predicted octanol–water partition coefficient (Wildman–Crippen LogP) is 3.33. The summed E-state index contributed by atoms with van der Waals surface area (Å²) in [6, 6.07) is 14.9. The van der Waals surface area contributed by atoms with Gasteiger partial charge in [0.25, 0.3) is 5.95 Å². The number of hydrogen-bond donors (Lipinski definition) is 3. The molecule has 4 N–H and O–H groups in total. The van der Waals surface area contributed by atoms with Crippen LogP contribution in [0.1, 0.15) is 12.5 Å². The number of carbonyl (C=O) groups excluding carboxylic acids is 1. The van der Waals surface area contributed by atoms with Crippen molar-refractivity contribution in [2.75, 3.05) is 28.9 Å². The molecule has 0 radical (unpaired) electrons. The highest BCUT2D eigenvalue weighted by Crippen LogP contribution is 2.24. The fourth-order valence-corrected chi connectivity index (χ4v) is 3.44. The molecule has 0 saturated carbocycles. The van der Waals surface area contributed by atoms with Gasteiger partial charge in [0.05, 0.1) is 24.3 Å². The number of anilines is 2. The zero-order valence-electron chi connectivity index (χ0n) is 16.1. The normalized spacial score (nSPS) is 10.9. The summed E-state index contributed by atoms with van der Waals surface area (Å²) in [5.74, 6) is 6.76. The predicted molar refractivity (Wildman–Crippen MR) is 122 cm³/mol. The number of nitrogens with zero attached hydrogens (tertiary/aromatic N) is 4. The Kier molecular flexibility index (Phi) is 7.69. The number of nitrogens with one attached hydrogen (secondary N) is 2. The van der Waals surface area contributed by atoms with Gasteiger partial charge in [-0.1, -0.05) is 52.0 Å². The minimum atomic E-state index is -0.211. The Morgan fingerprint density at radius 2 is 2.13 bits per heavy atom. The summed E-state index contributed by atoms with van der Waals surface area (Å²) in [5, 5.41) is 15.2. The summed E-state index contributed by atoms with van der Waals surface area (Å²) in [6.45, 7) is 2.40. The van der Waals surface area contributed by atoms with Crippen LogP contribution in [0.3, 0.4) is 0 Å². The first-order chi connectivity index (χ1) is 14.6. The molecule has 30 heavy (non-hydrogen) atoms. The van der Waals surface area contributed by atoms with Crippen LogP contribution in [0, 0.1) is 0 Å². The third kappa shape index (κ3) is 5.97. The summed E-state index contributed by atoms with van der Waals surface area (Å²) in [6.07, 6.45) is 1.63. The van der Waals surface area contributed by atoms with E-state index in [4.69, 9.17) is 10.6 Å². The van der Waals surface area contributed by atoms with Crippen molar-refractivity contribution in [3.8, 4) is 5.75 Å². The Balaban J connectivity index is 1.54. The van der Waals surface area contributed by atoms with Crippen LogP contribution in [0.5, 0.6) is 5.75 Å². The lowest BCUT2D eigenvalue weighted by atomic mass is 10.2. The number of thioether (sulfide) groups is 1. The maximum atomic E-state index is 12.3. The number of rotatable bonds is 9. The van der Waals surface area contributed by atoms with Crippen molar-refractivity contribution >= 4 is 51.4 Å². The zero-order valence-corrected chi connectivity index (χ0v) is 18.5. The second kappa shape index (κ2) is 10.6. The molecule has 11 heteroatoms. The SMILES string of the molecule is CCOc1ccccc1NC(=O)CSc1nnc(N/N=C/c2cccc(Br)c2)n1N. The topological polar surface area (TPSA) is 119 Å². The Hall–Kier alpha value is -3.05. The largest absolute Gasteiger partial charge is 0.492 e. The van der Waals surface area contributed by atoms with E-state index in [-0.39, 0.29) is 17.6 Å². The van der Waals surface area contributed by atoms with Gasteiger partial charge in [-0.25, -0.2) is 10.1 Å². The third-order valence-corrected chi connectivity index (χ3v) is 5.12. The van der Waals surface area contributed by atoms with Gasteiger partial charge < -0.3 is 15.9 Å². The van der Waals surface area contributed by atoms with Crippen LogP contribution in [-0.2, 0) is 4.79 Å². The number of ether oxygens (including phenoxy) is 1. The highest BCUT2D eigenvalue weighted by atomic mass is 79.9. The van der Waals surface area contributed by atoms with Crippen LogP contribution in [0.2, 0.25) is 0 Å². The van der Waals surface area contributed by atoms with Gasteiger partial charge >= 0.3 is 0 Å². The Bertz CT molecular complexity index is 1040. The van der Waals surface area contributed by atoms with Gasteiger partial charge in [0.15, 0.2) is 0 Å². The number of nitrogen functional groups attached to an aromatic ring is 1. The van der Waals surface area contributed by atoms with Gasteiger partial charge in [-0.3, -0.25) is 4.79 Å². The van der Waals surface area contributed by atoms with E-state index in [9.17, 15) is 4.79 Å². The van der Waals surface area contributed by atoms with Crippen molar-refractivity contribution < 1.29 is 9.53 Å². The maximum absolute atomic E-state index is 12.3. The third-order valence-electron chi connectivity index (χ3n) is 3.68. The van der Waals surface area contributed by atoms with E-state index in [1.54, 1.807) is 18.3 Å². The van der Waals surface area contributed by atoms with Crippen molar-refractivity contribution in [3.63, 3.8) is 0 Å². The minimum absolute atomic E-state index is 0.108. The van der Waals surface area contributed by atoms with Gasteiger partial charge in [0.2, 0.25) is 11.1 Å². The van der Waals surface area contributed by atoms with Crippen molar-refractivity contribution in [1.29, 1.82) is 0 Å². The number of hydrazone groups is 1. The average molecular weight is 490 g/mol. The molecule has 0 fully saturated rings. The number of benzene rings is 2. The molecule has 0 bridgehead atoms. The number of para-hydroxylation sites is 2. The summed E-state index contributed by atoms with van der Waals surface area (Å²) >= 11 is 4.56. The van der Waals surface area contributed by atoms with Gasteiger partial charge in [0.1, 0.15) is 5.75 Å². The zero-order chi connectivity index (χ0) is 21.3. The van der Waals surface area contributed by atoms with Crippen LogP contribution >= 0.6 is 27.7 Å². The van der Waals surface area contributed by atoms with Gasteiger partial charge in [0, 0.05) is 4.47 Å². The standard InChI is InChI=1S/C19H20BrN7O2S/c1-2-29-16-9-4-3-8-15(16)23-17(28)12-30-19-26-25-18(27(19)21)24-22-11-13-6-5-7-14(20)10-13/h3-11H,2,12,21H2,1H3,(H,23,28)(H,24,25)/b22-11+. The monoisotopic (exact) mass is 489 g/mol. The quantitative estimate of drug-likeness (QED) is 0.182. The van der Waals surface area contributed by atoms with Crippen LogP contribution in [0.4, 0.5) is 11.6 Å². The molecule has 0 unspecified atom stereocenters. The van der Waals surface area contributed by atoms with Crippen LogP contribution in [-0.4, -0.2) is 39.4 Å². The highest BCUT2D eigenvalue weighted by molar-refractivity contribution is 9.10. The molecule has 0 aliphatic rings. The lowest BCUT2D eigenvalue weighted by Crippen LogP contribution is -2.17. The van der Waals surface area contributed by atoms with E-state index in [2.05, 4.69) is 42.0 Å². The van der Waals surface area contributed by atoms with Crippen molar-refractivity contribution in [3.05, 3.63) is 58.6 Å². The molecule has 1 amide bonds. The lowest BCUT2D eigenvalue weighted by Gasteiger charge is -2.10. The molecule has 1 aromatic heterocycles. The molecule has 0 spiro atoms. The number of hydrogen-bond acceptors (Lipinski definition) is 8. The summed E-state index contributed by atoms with van der Waals surface area (Å²) in [7, 11) is 0. The van der Waals surface area contributed by atoms with Crippen LogP contribution in [0.25, 0.3) is 0 Å². The molecule has 0 atom stereocenters. The minimum Gasteiger partial charge on any atom is -0.492 e. The van der Waals surface area contributed by atoms with Crippen LogP contribution < -0.4 is 21.3 Å². The molecule has 156 valence electrons. The highest BCUT2D eigenvalue weighted by Gasteiger charge is 2.13. The molecule has 0 saturated heterocycles. The lowest BCUT2D eigenvalue weighted by molar-refractivity contribution is -0.113. The molecule has 3 rings (SSSR count). The Morgan fingerprint density at radius 1 is 1.30 bits per heavy atom. The van der Waals surface area contributed by atoms with Gasteiger partial charge in [-0.15, -0.1) is 10.2 Å². The first-order valence-corrected chi connectivity index (χ1v) is 10.7. The van der Waals surface area contributed by atoms with E-state index in [1.165, 1.54) is 4.68 Å². The smallest absolute Gasteiger partial charge is 0.264 e. The number of nitrogens with two attached hydrogens (primary N) is 1. The molecule has 9 nitrogen and oxygen atoms in total. The molecule has 3 aromatic rings. The molecule has 1 heterocycles. The van der Waals surface area contributed by atoms with Crippen molar-refractivity contribution in [1.82, 2.24) is 14.9 Å². The first-order valence-electron chi connectivity index (χ1n) is 8.96. The van der Waals surface area contributed by atoms with E-state index in [0.29, 0.717) is 23.2 Å². The van der Waals surface area contributed by atoms with E-state index < -0.39 is 0 Å². The maximum Gasteiger partial charge on any atom is 0.264 e. The fraction of sp³-hybridized carbons (Fsp3) is 0.158. The second-order valence-corrected chi connectivity index (χ2v) is 7.73. The Morgan fingerprint density at radius 3 is 2.93 bits per heavy atom. The summed E-state index contributed by atoms with van der Waals surface area (Å²) < 4.78 is 7.70. The van der Waals surface area contributed by atoms with E-state index >= 15 is 0 Å². The number of amides is 1. The molecular formula is C19H20BrN7O2S. The molecule has 2 aromatic carbocycles. The molecule has 0 aliphatic heterocycles. The number of aromatic nitrogens is 3. The van der Waals surface area contributed by atoms with Crippen LogP contribution in [0.15, 0.2) is 63.3 Å².